The van der Waals surface area contributed by atoms with E-state index in [2.05, 4.69) is 38.2 Å². The van der Waals surface area contributed by atoms with Gasteiger partial charge in [0, 0.05) is 15.8 Å². The van der Waals surface area contributed by atoms with Gasteiger partial charge in [-0.05, 0) is 56.2 Å². The number of likely N-dealkylation sites (N-methyl/N-ethyl adjacent to an activating group) is 1. The van der Waals surface area contributed by atoms with Crippen molar-refractivity contribution in [2.45, 2.75) is 65.3 Å². The zero-order valence-corrected chi connectivity index (χ0v) is 13.6. The molecule has 1 aromatic rings. The molecule has 1 heterocycles. The van der Waals surface area contributed by atoms with Crippen molar-refractivity contribution in [3.05, 3.63) is 21.9 Å². The standard InChI is InChI=1S/C17H29NS/c1-4-15-9-10-16(19-15)12-17(18-5-2)14-8-6-7-13(3)11-14/h9-10,13-14,17-18H,4-8,11-12H2,1-3H3. The summed E-state index contributed by atoms with van der Waals surface area (Å²) in [5.41, 5.74) is 0. The molecule has 0 bridgehead atoms. The second-order valence-electron chi connectivity index (χ2n) is 6.12. The van der Waals surface area contributed by atoms with E-state index in [-0.39, 0.29) is 0 Å². The van der Waals surface area contributed by atoms with E-state index < -0.39 is 0 Å². The first-order chi connectivity index (χ1) is 9.22. The number of thiophene rings is 1. The summed E-state index contributed by atoms with van der Waals surface area (Å²) in [6.45, 7) is 8.02. The van der Waals surface area contributed by atoms with Gasteiger partial charge in [-0.1, -0.05) is 33.6 Å². The number of aryl methyl sites for hydroxylation is 1. The van der Waals surface area contributed by atoms with E-state index in [1.165, 1.54) is 43.4 Å². The summed E-state index contributed by atoms with van der Waals surface area (Å²) in [5.74, 6) is 1.81. The van der Waals surface area contributed by atoms with Crippen LogP contribution < -0.4 is 5.32 Å². The van der Waals surface area contributed by atoms with Crippen LogP contribution in [-0.4, -0.2) is 12.6 Å². The van der Waals surface area contributed by atoms with Gasteiger partial charge in [-0.2, -0.15) is 0 Å². The van der Waals surface area contributed by atoms with Gasteiger partial charge in [-0.3, -0.25) is 0 Å². The van der Waals surface area contributed by atoms with E-state index in [4.69, 9.17) is 0 Å². The van der Waals surface area contributed by atoms with E-state index in [0.717, 1.165) is 18.4 Å². The Morgan fingerprint density at radius 1 is 1.26 bits per heavy atom. The molecule has 108 valence electrons. The first-order valence-electron chi connectivity index (χ1n) is 8.03. The molecule has 1 aliphatic rings. The lowest BCUT2D eigenvalue weighted by Crippen LogP contribution is -2.39. The summed E-state index contributed by atoms with van der Waals surface area (Å²) in [6, 6.07) is 5.35. The first kappa shape index (κ1) is 15.1. The lowest BCUT2D eigenvalue weighted by Gasteiger charge is -2.33. The van der Waals surface area contributed by atoms with Crippen LogP contribution in [0.3, 0.4) is 0 Å². The van der Waals surface area contributed by atoms with Crippen LogP contribution in [0.25, 0.3) is 0 Å². The van der Waals surface area contributed by atoms with Gasteiger partial charge in [0.1, 0.15) is 0 Å². The highest BCUT2D eigenvalue weighted by molar-refractivity contribution is 7.11. The molecule has 3 atom stereocenters. The Bertz CT molecular complexity index is 371. The van der Waals surface area contributed by atoms with Gasteiger partial charge in [0.25, 0.3) is 0 Å². The van der Waals surface area contributed by atoms with Crippen molar-refractivity contribution < 1.29 is 0 Å². The van der Waals surface area contributed by atoms with E-state index >= 15 is 0 Å². The number of rotatable bonds is 6. The van der Waals surface area contributed by atoms with Crippen LogP contribution in [0.15, 0.2) is 12.1 Å². The smallest absolute Gasteiger partial charge is 0.0144 e. The van der Waals surface area contributed by atoms with E-state index in [0.29, 0.717) is 6.04 Å². The van der Waals surface area contributed by atoms with Gasteiger partial charge in [0.2, 0.25) is 0 Å². The zero-order chi connectivity index (χ0) is 13.7. The third-order valence-corrected chi connectivity index (χ3v) is 5.75. The molecular weight excluding hydrogens is 250 g/mol. The van der Waals surface area contributed by atoms with Crippen LogP contribution in [0.1, 0.15) is 56.2 Å². The Balaban J connectivity index is 1.98. The fraction of sp³-hybridized carbons (Fsp3) is 0.765. The predicted molar refractivity (Wildman–Crippen MR) is 86.0 cm³/mol. The Morgan fingerprint density at radius 2 is 2.05 bits per heavy atom. The minimum atomic E-state index is 0.691. The Kier molecular flexibility index (Phi) is 5.90. The van der Waals surface area contributed by atoms with Crippen molar-refractivity contribution in [1.29, 1.82) is 0 Å². The predicted octanol–water partition coefficient (Wildman–Crippen LogP) is 4.66. The highest BCUT2D eigenvalue weighted by Gasteiger charge is 2.26. The summed E-state index contributed by atoms with van der Waals surface area (Å²) in [6.07, 6.45) is 8.12. The van der Waals surface area contributed by atoms with Crippen LogP contribution in [0.4, 0.5) is 0 Å². The Morgan fingerprint density at radius 3 is 2.68 bits per heavy atom. The zero-order valence-electron chi connectivity index (χ0n) is 12.7. The molecule has 19 heavy (non-hydrogen) atoms. The minimum Gasteiger partial charge on any atom is -0.314 e. The monoisotopic (exact) mass is 279 g/mol. The molecule has 2 rings (SSSR count). The maximum absolute atomic E-state index is 3.76. The quantitative estimate of drug-likeness (QED) is 0.798. The molecule has 0 radical (unpaired) electrons. The fourth-order valence-corrected chi connectivity index (χ4v) is 4.47. The molecule has 1 fully saturated rings. The molecule has 0 amide bonds. The van der Waals surface area contributed by atoms with Crippen molar-refractivity contribution in [2.24, 2.45) is 11.8 Å². The van der Waals surface area contributed by atoms with Gasteiger partial charge in [0.05, 0.1) is 0 Å². The molecule has 1 nitrogen and oxygen atoms in total. The summed E-state index contributed by atoms with van der Waals surface area (Å²) < 4.78 is 0. The molecule has 3 unspecified atom stereocenters. The SMILES string of the molecule is CCNC(Cc1ccc(CC)s1)C1CCCC(C)C1. The third kappa shape index (κ3) is 4.32. The molecular formula is C17H29NS. The van der Waals surface area contributed by atoms with Gasteiger partial charge in [-0.25, -0.2) is 0 Å². The lowest BCUT2D eigenvalue weighted by atomic mass is 9.77. The molecule has 2 heteroatoms. The number of hydrogen-bond donors (Lipinski definition) is 1. The number of nitrogens with one attached hydrogen (secondary N) is 1. The second-order valence-corrected chi connectivity index (χ2v) is 7.37. The lowest BCUT2D eigenvalue weighted by molar-refractivity contribution is 0.223. The topological polar surface area (TPSA) is 12.0 Å². The van der Waals surface area contributed by atoms with Crippen molar-refractivity contribution in [3.63, 3.8) is 0 Å². The van der Waals surface area contributed by atoms with Crippen LogP contribution in [0, 0.1) is 11.8 Å². The molecule has 0 aromatic carbocycles. The van der Waals surface area contributed by atoms with Crippen molar-refractivity contribution in [3.8, 4) is 0 Å². The molecule has 0 spiro atoms. The Labute approximate surface area is 122 Å². The van der Waals surface area contributed by atoms with Crippen molar-refractivity contribution in [1.82, 2.24) is 5.32 Å². The maximum Gasteiger partial charge on any atom is 0.0144 e. The highest BCUT2D eigenvalue weighted by Crippen LogP contribution is 2.32. The van der Waals surface area contributed by atoms with Crippen LogP contribution in [0.2, 0.25) is 0 Å². The highest BCUT2D eigenvalue weighted by atomic mass is 32.1. The summed E-state index contributed by atoms with van der Waals surface area (Å²) >= 11 is 2.01. The van der Waals surface area contributed by atoms with E-state index in [9.17, 15) is 0 Å². The molecule has 0 aliphatic heterocycles. The van der Waals surface area contributed by atoms with Crippen molar-refractivity contribution in [2.75, 3.05) is 6.54 Å². The normalized spacial score (nSPS) is 25.4. The fourth-order valence-electron chi connectivity index (χ4n) is 3.45. The number of hydrogen-bond acceptors (Lipinski definition) is 2. The van der Waals surface area contributed by atoms with Crippen LogP contribution in [-0.2, 0) is 12.8 Å². The second kappa shape index (κ2) is 7.44. The molecule has 1 saturated carbocycles. The summed E-state index contributed by atoms with van der Waals surface area (Å²) in [4.78, 5) is 3.10. The van der Waals surface area contributed by atoms with Gasteiger partial charge in [-0.15, -0.1) is 11.3 Å². The minimum absolute atomic E-state index is 0.691. The van der Waals surface area contributed by atoms with E-state index in [1.807, 2.05) is 11.3 Å². The molecule has 0 saturated heterocycles. The van der Waals surface area contributed by atoms with Crippen LogP contribution in [0.5, 0.6) is 0 Å². The third-order valence-electron chi connectivity index (χ3n) is 4.50. The van der Waals surface area contributed by atoms with Crippen LogP contribution >= 0.6 is 11.3 Å². The van der Waals surface area contributed by atoms with Crippen molar-refractivity contribution >= 4 is 11.3 Å². The van der Waals surface area contributed by atoms with Gasteiger partial charge >= 0.3 is 0 Å². The average Bonchev–Trinajstić information content (AvgIpc) is 2.86. The molecule has 1 aromatic heterocycles. The molecule has 1 aliphatic carbocycles. The average molecular weight is 279 g/mol. The first-order valence-corrected chi connectivity index (χ1v) is 8.85. The summed E-state index contributed by atoms with van der Waals surface area (Å²) in [7, 11) is 0. The van der Waals surface area contributed by atoms with E-state index in [1.54, 1.807) is 4.88 Å². The maximum atomic E-state index is 3.76. The molecule has 1 N–H and O–H groups in total. The van der Waals surface area contributed by atoms with Gasteiger partial charge in [0.15, 0.2) is 0 Å². The van der Waals surface area contributed by atoms with Gasteiger partial charge < -0.3 is 5.32 Å². The largest absolute Gasteiger partial charge is 0.314 e. The Hall–Kier alpha value is -0.340. The summed E-state index contributed by atoms with van der Waals surface area (Å²) in [5, 5.41) is 3.76.